The lowest BCUT2D eigenvalue weighted by atomic mass is 9.94. The number of aryl methyl sites for hydroxylation is 3. The number of aromatic nitrogens is 3. The molecule has 7 heteroatoms. The van der Waals surface area contributed by atoms with E-state index in [0.29, 0.717) is 13.2 Å². The van der Waals surface area contributed by atoms with Crippen molar-refractivity contribution in [3.05, 3.63) is 51.2 Å². The number of carbonyl (C=O) groups excluding carboxylic acids is 1. The van der Waals surface area contributed by atoms with Crippen molar-refractivity contribution >= 4 is 5.91 Å². The fourth-order valence-electron chi connectivity index (χ4n) is 3.56. The van der Waals surface area contributed by atoms with E-state index < -0.39 is 0 Å². The van der Waals surface area contributed by atoms with Gasteiger partial charge in [0.2, 0.25) is 5.91 Å². The third kappa shape index (κ3) is 3.72. The Kier molecular flexibility index (Phi) is 5.27. The van der Waals surface area contributed by atoms with Crippen molar-refractivity contribution in [2.24, 2.45) is 13.0 Å². The van der Waals surface area contributed by atoms with Crippen LogP contribution in [-0.4, -0.2) is 33.4 Å². The maximum Gasteiger partial charge on any atom is 0.251 e. The molecule has 140 valence electrons. The predicted molar refractivity (Wildman–Crippen MR) is 97.9 cm³/mol. The molecule has 1 amide bonds. The van der Waals surface area contributed by atoms with E-state index in [1.165, 1.54) is 10.6 Å². The molecule has 1 fully saturated rings. The van der Waals surface area contributed by atoms with Crippen molar-refractivity contribution in [2.75, 3.05) is 13.2 Å². The molecule has 2 aromatic rings. The molecule has 0 radical (unpaired) electrons. The molecule has 0 unspecified atom stereocenters. The van der Waals surface area contributed by atoms with E-state index in [1.807, 2.05) is 38.6 Å². The highest BCUT2D eigenvalue weighted by Crippen LogP contribution is 2.37. The zero-order valence-electron chi connectivity index (χ0n) is 15.8. The van der Waals surface area contributed by atoms with Gasteiger partial charge in [0.15, 0.2) is 0 Å². The van der Waals surface area contributed by atoms with Gasteiger partial charge in [-0.3, -0.25) is 14.3 Å². The second-order valence-electron chi connectivity index (χ2n) is 7.02. The molecule has 0 aromatic carbocycles. The lowest BCUT2D eigenvalue weighted by Crippen LogP contribution is -2.35. The van der Waals surface area contributed by atoms with Crippen molar-refractivity contribution in [3.63, 3.8) is 0 Å². The molecule has 2 aromatic heterocycles. The lowest BCUT2D eigenvalue weighted by Gasteiger charge is -2.20. The van der Waals surface area contributed by atoms with Crippen LogP contribution < -0.4 is 10.9 Å². The maximum atomic E-state index is 12.3. The molecule has 1 aliphatic rings. The van der Waals surface area contributed by atoms with E-state index in [-0.39, 0.29) is 30.0 Å². The average Bonchev–Trinajstić information content (AvgIpc) is 3.12. The Morgan fingerprint density at radius 2 is 2.15 bits per heavy atom. The van der Waals surface area contributed by atoms with Crippen LogP contribution in [0.15, 0.2) is 23.1 Å². The molecular weight excluding hydrogens is 332 g/mol. The first-order valence-electron chi connectivity index (χ1n) is 8.92. The van der Waals surface area contributed by atoms with E-state index in [0.717, 1.165) is 28.9 Å². The summed E-state index contributed by atoms with van der Waals surface area (Å²) in [7, 11) is 1.93. The van der Waals surface area contributed by atoms with Crippen LogP contribution in [-0.2, 0) is 23.1 Å². The highest BCUT2D eigenvalue weighted by molar-refractivity contribution is 5.75. The zero-order chi connectivity index (χ0) is 18.8. The van der Waals surface area contributed by atoms with Gasteiger partial charge in [-0.25, -0.2) is 0 Å². The minimum atomic E-state index is -0.166. The summed E-state index contributed by atoms with van der Waals surface area (Å²) in [4.78, 5) is 24.2. The third-order valence-corrected chi connectivity index (χ3v) is 5.09. The minimum Gasteiger partial charge on any atom is -0.373 e. The minimum absolute atomic E-state index is 0.0301. The Bertz CT molecular complexity index is 868. The van der Waals surface area contributed by atoms with Gasteiger partial charge in [0.05, 0.1) is 11.8 Å². The van der Waals surface area contributed by atoms with Crippen molar-refractivity contribution in [1.29, 1.82) is 0 Å². The van der Waals surface area contributed by atoms with E-state index in [1.54, 1.807) is 6.20 Å². The van der Waals surface area contributed by atoms with Crippen LogP contribution in [0.3, 0.4) is 0 Å². The molecule has 0 aliphatic carbocycles. The Labute approximate surface area is 153 Å². The summed E-state index contributed by atoms with van der Waals surface area (Å²) < 4.78 is 9.23. The molecule has 0 bridgehead atoms. The van der Waals surface area contributed by atoms with Crippen molar-refractivity contribution in [3.8, 4) is 0 Å². The van der Waals surface area contributed by atoms with Gasteiger partial charge in [-0.05, 0) is 38.8 Å². The molecule has 1 aliphatic heterocycles. The number of nitrogens with one attached hydrogen (secondary N) is 1. The number of ether oxygens (including phenoxy) is 1. The SMILES string of the molecule is Cc1ccn(CC(=O)NC[C@H]2CCO[C@@H]2c2c(C)nn(C)c2C)c(=O)c1. The van der Waals surface area contributed by atoms with E-state index >= 15 is 0 Å². The summed E-state index contributed by atoms with van der Waals surface area (Å²) in [6.07, 6.45) is 2.50. The normalized spacial score (nSPS) is 19.7. The molecule has 3 rings (SSSR count). The van der Waals surface area contributed by atoms with Gasteiger partial charge in [0.25, 0.3) is 5.56 Å². The second kappa shape index (κ2) is 7.45. The van der Waals surface area contributed by atoms with Crippen LogP contribution >= 0.6 is 0 Å². The van der Waals surface area contributed by atoms with Crippen LogP contribution in [0.4, 0.5) is 0 Å². The molecule has 3 heterocycles. The number of nitrogens with zero attached hydrogens (tertiary/aromatic N) is 3. The first-order valence-corrected chi connectivity index (χ1v) is 8.92. The van der Waals surface area contributed by atoms with E-state index in [2.05, 4.69) is 10.4 Å². The Hall–Kier alpha value is -2.41. The molecule has 1 N–H and O–H groups in total. The van der Waals surface area contributed by atoms with E-state index in [9.17, 15) is 9.59 Å². The third-order valence-electron chi connectivity index (χ3n) is 5.09. The molecular formula is C19H26N4O3. The van der Waals surface area contributed by atoms with E-state index in [4.69, 9.17) is 4.74 Å². The predicted octanol–water partition coefficient (Wildman–Crippen LogP) is 1.40. The molecule has 0 saturated carbocycles. The second-order valence-corrected chi connectivity index (χ2v) is 7.02. The fourth-order valence-corrected chi connectivity index (χ4v) is 3.56. The van der Waals surface area contributed by atoms with Gasteiger partial charge in [-0.1, -0.05) is 0 Å². The summed E-state index contributed by atoms with van der Waals surface area (Å²) in [5.41, 5.74) is 3.92. The summed E-state index contributed by atoms with van der Waals surface area (Å²) >= 11 is 0. The first kappa shape index (κ1) is 18.4. The number of pyridine rings is 1. The molecule has 2 atom stereocenters. The van der Waals surface area contributed by atoms with Gasteiger partial charge in [0, 0.05) is 49.6 Å². The lowest BCUT2D eigenvalue weighted by molar-refractivity contribution is -0.122. The number of hydrogen-bond acceptors (Lipinski definition) is 4. The number of amides is 1. The molecule has 26 heavy (non-hydrogen) atoms. The Balaban J connectivity index is 1.63. The maximum absolute atomic E-state index is 12.3. The number of hydrogen-bond donors (Lipinski definition) is 1. The van der Waals surface area contributed by atoms with Crippen LogP contribution in [0.2, 0.25) is 0 Å². The quantitative estimate of drug-likeness (QED) is 0.876. The molecule has 0 spiro atoms. The fraction of sp³-hybridized carbons (Fsp3) is 0.526. The smallest absolute Gasteiger partial charge is 0.251 e. The largest absolute Gasteiger partial charge is 0.373 e. The topological polar surface area (TPSA) is 78.2 Å². The van der Waals surface area contributed by atoms with Crippen molar-refractivity contribution in [1.82, 2.24) is 19.7 Å². The number of rotatable bonds is 5. The van der Waals surface area contributed by atoms with Crippen LogP contribution in [0.1, 0.15) is 35.0 Å². The summed E-state index contributed by atoms with van der Waals surface area (Å²) in [6.45, 7) is 7.12. The van der Waals surface area contributed by atoms with Crippen LogP contribution in [0, 0.1) is 26.7 Å². The summed E-state index contributed by atoms with van der Waals surface area (Å²) in [6, 6.07) is 3.35. The summed E-state index contributed by atoms with van der Waals surface area (Å²) in [5.74, 6) is 0.0384. The first-order chi connectivity index (χ1) is 12.4. The van der Waals surface area contributed by atoms with Crippen LogP contribution in [0.25, 0.3) is 0 Å². The van der Waals surface area contributed by atoms with Gasteiger partial charge < -0.3 is 14.6 Å². The number of carbonyl (C=O) groups is 1. The van der Waals surface area contributed by atoms with Crippen LogP contribution in [0.5, 0.6) is 0 Å². The Morgan fingerprint density at radius 3 is 2.81 bits per heavy atom. The molecule has 7 nitrogen and oxygen atoms in total. The monoisotopic (exact) mass is 358 g/mol. The van der Waals surface area contributed by atoms with Gasteiger partial charge >= 0.3 is 0 Å². The van der Waals surface area contributed by atoms with Crippen molar-refractivity contribution < 1.29 is 9.53 Å². The standard InChI is InChI=1S/C19H26N4O3/c1-12-5-7-23(17(25)9-12)11-16(24)20-10-15-6-8-26-19(15)18-13(2)21-22(4)14(18)3/h5,7,9,15,19H,6,8,10-11H2,1-4H3,(H,20,24)/t15-,19+/m1/s1. The highest BCUT2D eigenvalue weighted by Gasteiger charge is 2.33. The average molecular weight is 358 g/mol. The zero-order valence-corrected chi connectivity index (χ0v) is 15.8. The molecule has 1 saturated heterocycles. The Morgan fingerprint density at radius 1 is 1.38 bits per heavy atom. The van der Waals surface area contributed by atoms with Gasteiger partial charge in [-0.15, -0.1) is 0 Å². The van der Waals surface area contributed by atoms with Gasteiger partial charge in [-0.2, -0.15) is 5.10 Å². The highest BCUT2D eigenvalue weighted by atomic mass is 16.5. The summed E-state index contributed by atoms with van der Waals surface area (Å²) in [5, 5.41) is 7.42. The van der Waals surface area contributed by atoms with Crippen molar-refractivity contribution in [2.45, 2.75) is 39.8 Å². The van der Waals surface area contributed by atoms with Gasteiger partial charge in [0.1, 0.15) is 6.54 Å².